The number of amides is 1. The molecule has 88 valence electrons. The minimum atomic E-state index is 0.00702. The Morgan fingerprint density at radius 1 is 1.60 bits per heavy atom. The van der Waals surface area contributed by atoms with Crippen molar-refractivity contribution in [3.8, 4) is 0 Å². The lowest BCUT2D eigenvalue weighted by Crippen LogP contribution is -2.48. The van der Waals surface area contributed by atoms with E-state index in [1.165, 1.54) is 6.42 Å². The Kier molecular flexibility index (Phi) is 5.65. The SMILES string of the molecule is CCOC(C)CNC(=O)[C@@H]1CCCCN1. The molecule has 0 bridgehead atoms. The summed E-state index contributed by atoms with van der Waals surface area (Å²) in [4.78, 5) is 11.7. The summed E-state index contributed by atoms with van der Waals surface area (Å²) in [5, 5.41) is 6.13. The van der Waals surface area contributed by atoms with Crippen LogP contribution in [0.25, 0.3) is 0 Å². The Morgan fingerprint density at radius 3 is 3.00 bits per heavy atom. The fourth-order valence-corrected chi connectivity index (χ4v) is 1.79. The molecule has 1 aliphatic heterocycles. The number of ether oxygens (including phenoxy) is 1. The van der Waals surface area contributed by atoms with Crippen molar-refractivity contribution in [1.82, 2.24) is 10.6 Å². The van der Waals surface area contributed by atoms with E-state index in [1.54, 1.807) is 0 Å². The number of piperidine rings is 1. The van der Waals surface area contributed by atoms with Gasteiger partial charge in [-0.3, -0.25) is 4.79 Å². The molecule has 1 fully saturated rings. The summed E-state index contributed by atoms with van der Waals surface area (Å²) in [6, 6.07) is 0.00702. The molecule has 0 saturated carbocycles. The Balaban J connectivity index is 2.16. The molecule has 15 heavy (non-hydrogen) atoms. The Labute approximate surface area is 91.8 Å². The molecule has 0 aromatic carbocycles. The van der Waals surface area contributed by atoms with Crippen molar-refractivity contribution in [1.29, 1.82) is 0 Å². The number of nitrogens with one attached hydrogen (secondary N) is 2. The number of rotatable bonds is 5. The van der Waals surface area contributed by atoms with Crippen molar-refractivity contribution in [3.63, 3.8) is 0 Å². The molecule has 0 aromatic heterocycles. The number of hydrogen-bond donors (Lipinski definition) is 2. The highest BCUT2D eigenvalue weighted by atomic mass is 16.5. The molecule has 0 radical (unpaired) electrons. The van der Waals surface area contributed by atoms with Gasteiger partial charge in [-0.1, -0.05) is 6.42 Å². The average Bonchev–Trinajstić information content (AvgIpc) is 2.27. The second kappa shape index (κ2) is 6.80. The van der Waals surface area contributed by atoms with Gasteiger partial charge in [0.05, 0.1) is 12.1 Å². The van der Waals surface area contributed by atoms with Crippen LogP contribution >= 0.6 is 0 Å². The van der Waals surface area contributed by atoms with Gasteiger partial charge in [0.15, 0.2) is 0 Å². The summed E-state index contributed by atoms with van der Waals surface area (Å²) >= 11 is 0. The van der Waals surface area contributed by atoms with Crippen LogP contribution in [0.3, 0.4) is 0 Å². The van der Waals surface area contributed by atoms with Gasteiger partial charge >= 0.3 is 0 Å². The predicted molar refractivity (Wildman–Crippen MR) is 59.7 cm³/mol. The number of carbonyl (C=O) groups is 1. The highest BCUT2D eigenvalue weighted by Crippen LogP contribution is 2.06. The van der Waals surface area contributed by atoms with E-state index < -0.39 is 0 Å². The van der Waals surface area contributed by atoms with Gasteiger partial charge in [-0.15, -0.1) is 0 Å². The molecule has 1 amide bonds. The Hall–Kier alpha value is -0.610. The molecule has 4 nitrogen and oxygen atoms in total. The first-order valence-electron chi connectivity index (χ1n) is 5.86. The van der Waals surface area contributed by atoms with E-state index >= 15 is 0 Å². The maximum absolute atomic E-state index is 11.7. The Morgan fingerprint density at radius 2 is 2.40 bits per heavy atom. The van der Waals surface area contributed by atoms with Gasteiger partial charge in [0.25, 0.3) is 0 Å². The van der Waals surface area contributed by atoms with Crippen molar-refractivity contribution in [3.05, 3.63) is 0 Å². The third-order valence-electron chi connectivity index (χ3n) is 2.64. The third kappa shape index (κ3) is 4.62. The van der Waals surface area contributed by atoms with Crippen molar-refractivity contribution in [2.24, 2.45) is 0 Å². The molecule has 0 spiro atoms. The summed E-state index contributed by atoms with van der Waals surface area (Å²) in [6.45, 7) is 6.18. The molecule has 1 unspecified atom stereocenters. The molecule has 2 atom stereocenters. The first-order valence-corrected chi connectivity index (χ1v) is 5.86. The monoisotopic (exact) mass is 214 g/mol. The van der Waals surface area contributed by atoms with Crippen LogP contribution in [-0.2, 0) is 9.53 Å². The van der Waals surface area contributed by atoms with Crippen LogP contribution in [0.15, 0.2) is 0 Å². The maximum atomic E-state index is 11.7. The largest absolute Gasteiger partial charge is 0.377 e. The van der Waals surface area contributed by atoms with Crippen molar-refractivity contribution < 1.29 is 9.53 Å². The van der Waals surface area contributed by atoms with Crippen LogP contribution in [0.1, 0.15) is 33.1 Å². The van der Waals surface area contributed by atoms with E-state index in [0.29, 0.717) is 13.2 Å². The Bertz CT molecular complexity index is 191. The van der Waals surface area contributed by atoms with Crippen LogP contribution in [-0.4, -0.2) is 37.7 Å². The zero-order valence-corrected chi connectivity index (χ0v) is 9.71. The fraction of sp³-hybridized carbons (Fsp3) is 0.909. The second-order valence-corrected chi connectivity index (χ2v) is 4.01. The summed E-state index contributed by atoms with van der Waals surface area (Å²) < 4.78 is 5.34. The van der Waals surface area contributed by atoms with E-state index in [9.17, 15) is 4.79 Å². The quantitative estimate of drug-likeness (QED) is 0.707. The topological polar surface area (TPSA) is 50.4 Å². The highest BCUT2D eigenvalue weighted by molar-refractivity contribution is 5.81. The lowest BCUT2D eigenvalue weighted by Gasteiger charge is -2.23. The number of carbonyl (C=O) groups excluding carboxylic acids is 1. The van der Waals surface area contributed by atoms with Gasteiger partial charge in [0.2, 0.25) is 5.91 Å². The van der Waals surface area contributed by atoms with Crippen LogP contribution in [0.5, 0.6) is 0 Å². The van der Waals surface area contributed by atoms with Gasteiger partial charge in [0, 0.05) is 13.2 Å². The summed E-state index contributed by atoms with van der Waals surface area (Å²) in [5.41, 5.74) is 0. The van der Waals surface area contributed by atoms with Crippen LogP contribution in [0.2, 0.25) is 0 Å². The van der Waals surface area contributed by atoms with E-state index in [2.05, 4.69) is 10.6 Å². The summed E-state index contributed by atoms with van der Waals surface area (Å²) in [6.07, 6.45) is 3.38. The molecule has 0 aliphatic carbocycles. The molecular weight excluding hydrogens is 192 g/mol. The molecule has 1 heterocycles. The molecule has 1 saturated heterocycles. The van der Waals surface area contributed by atoms with Crippen molar-refractivity contribution in [2.75, 3.05) is 19.7 Å². The molecular formula is C11H22N2O2. The van der Waals surface area contributed by atoms with Gasteiger partial charge in [-0.2, -0.15) is 0 Å². The van der Waals surface area contributed by atoms with E-state index in [0.717, 1.165) is 19.4 Å². The maximum Gasteiger partial charge on any atom is 0.237 e. The van der Waals surface area contributed by atoms with E-state index in [4.69, 9.17) is 4.74 Å². The minimum absolute atomic E-state index is 0.00702. The minimum Gasteiger partial charge on any atom is -0.377 e. The smallest absolute Gasteiger partial charge is 0.237 e. The zero-order valence-electron chi connectivity index (χ0n) is 9.71. The standard InChI is InChI=1S/C11H22N2O2/c1-3-15-9(2)8-13-11(14)10-6-4-5-7-12-10/h9-10,12H,3-8H2,1-2H3,(H,13,14)/t9?,10-/m0/s1. The van der Waals surface area contributed by atoms with Crippen molar-refractivity contribution >= 4 is 5.91 Å². The second-order valence-electron chi connectivity index (χ2n) is 4.01. The molecule has 4 heteroatoms. The van der Waals surface area contributed by atoms with Gasteiger partial charge < -0.3 is 15.4 Å². The van der Waals surface area contributed by atoms with E-state index in [1.807, 2.05) is 13.8 Å². The summed E-state index contributed by atoms with van der Waals surface area (Å²) in [7, 11) is 0. The molecule has 2 N–H and O–H groups in total. The lowest BCUT2D eigenvalue weighted by atomic mass is 10.0. The predicted octanol–water partition coefficient (Wildman–Crippen LogP) is 0.670. The van der Waals surface area contributed by atoms with Crippen molar-refractivity contribution in [2.45, 2.75) is 45.3 Å². The zero-order chi connectivity index (χ0) is 11.1. The van der Waals surface area contributed by atoms with Gasteiger partial charge in [-0.25, -0.2) is 0 Å². The van der Waals surface area contributed by atoms with E-state index in [-0.39, 0.29) is 18.1 Å². The van der Waals surface area contributed by atoms with Gasteiger partial charge in [-0.05, 0) is 33.2 Å². The molecule has 1 rings (SSSR count). The molecule has 0 aromatic rings. The van der Waals surface area contributed by atoms with Crippen LogP contribution in [0.4, 0.5) is 0 Å². The van der Waals surface area contributed by atoms with Crippen LogP contribution in [0, 0.1) is 0 Å². The lowest BCUT2D eigenvalue weighted by molar-refractivity contribution is -0.124. The first-order chi connectivity index (χ1) is 7.24. The normalized spacial score (nSPS) is 23.5. The third-order valence-corrected chi connectivity index (χ3v) is 2.64. The van der Waals surface area contributed by atoms with Crippen LogP contribution < -0.4 is 10.6 Å². The average molecular weight is 214 g/mol. The number of hydrogen-bond acceptors (Lipinski definition) is 3. The van der Waals surface area contributed by atoms with Gasteiger partial charge in [0.1, 0.15) is 0 Å². The molecule has 1 aliphatic rings. The fourth-order valence-electron chi connectivity index (χ4n) is 1.79. The first kappa shape index (κ1) is 12.5. The summed E-state index contributed by atoms with van der Waals surface area (Å²) in [5.74, 6) is 0.112. The highest BCUT2D eigenvalue weighted by Gasteiger charge is 2.20.